The van der Waals surface area contributed by atoms with E-state index in [-0.39, 0.29) is 12.5 Å². The highest BCUT2D eigenvalue weighted by atomic mass is 16.3. The van der Waals surface area contributed by atoms with Gasteiger partial charge in [-0.2, -0.15) is 5.10 Å². The number of aromatic nitrogens is 2. The fourth-order valence-corrected chi connectivity index (χ4v) is 2.40. The van der Waals surface area contributed by atoms with E-state index in [0.29, 0.717) is 11.3 Å². The van der Waals surface area contributed by atoms with Crippen molar-refractivity contribution in [2.24, 2.45) is 0 Å². The highest BCUT2D eigenvalue weighted by Crippen LogP contribution is 2.17. The van der Waals surface area contributed by atoms with E-state index in [0.717, 1.165) is 29.9 Å². The van der Waals surface area contributed by atoms with Crippen LogP contribution in [-0.4, -0.2) is 20.8 Å². The van der Waals surface area contributed by atoms with E-state index in [1.165, 1.54) is 0 Å². The average molecular weight is 287 g/mol. The molecule has 0 saturated heterocycles. The molecule has 1 aromatic heterocycles. The largest absolute Gasteiger partial charge is 0.392 e. The molecule has 0 bridgehead atoms. The highest BCUT2D eigenvalue weighted by molar-refractivity contribution is 6.05. The van der Waals surface area contributed by atoms with Gasteiger partial charge in [-0.05, 0) is 38.0 Å². The molecule has 0 saturated carbocycles. The highest BCUT2D eigenvalue weighted by Gasteiger charge is 2.18. The van der Waals surface area contributed by atoms with Crippen molar-refractivity contribution in [1.82, 2.24) is 9.78 Å². The van der Waals surface area contributed by atoms with Crippen LogP contribution in [-0.2, 0) is 13.2 Å². The number of aliphatic hydroxyl groups is 1. The van der Waals surface area contributed by atoms with Gasteiger partial charge < -0.3 is 10.4 Å². The van der Waals surface area contributed by atoms with Gasteiger partial charge in [-0.1, -0.05) is 19.1 Å². The first-order valence-electron chi connectivity index (χ1n) is 7.12. The molecule has 0 spiro atoms. The number of rotatable bonds is 5. The zero-order valence-corrected chi connectivity index (χ0v) is 12.7. The Labute approximate surface area is 124 Å². The van der Waals surface area contributed by atoms with Gasteiger partial charge in [0.1, 0.15) is 0 Å². The van der Waals surface area contributed by atoms with Gasteiger partial charge in [-0.25, -0.2) is 0 Å². The van der Waals surface area contributed by atoms with Crippen molar-refractivity contribution in [3.63, 3.8) is 0 Å². The Kier molecular flexibility index (Phi) is 4.75. The van der Waals surface area contributed by atoms with Gasteiger partial charge in [0, 0.05) is 17.9 Å². The first-order valence-corrected chi connectivity index (χ1v) is 7.12. The Bertz CT molecular complexity index is 647. The second-order valence-electron chi connectivity index (χ2n) is 5.08. The van der Waals surface area contributed by atoms with Gasteiger partial charge in [0.05, 0.1) is 17.9 Å². The quantitative estimate of drug-likeness (QED) is 0.888. The summed E-state index contributed by atoms with van der Waals surface area (Å²) in [5.41, 5.74) is 3.68. The molecule has 0 unspecified atom stereocenters. The standard InChI is InChI=1S/C16H21N3O2/c1-4-8-19-12(3)15(11(2)18-19)16(21)17-14-7-5-6-13(9-14)10-20/h5-7,9,20H,4,8,10H2,1-3H3,(H,17,21). The number of aryl methyl sites for hydroxylation is 2. The Morgan fingerprint density at radius 3 is 2.81 bits per heavy atom. The van der Waals surface area contributed by atoms with Crippen LogP contribution in [0.5, 0.6) is 0 Å². The number of benzene rings is 1. The van der Waals surface area contributed by atoms with E-state index in [4.69, 9.17) is 5.11 Å². The average Bonchev–Trinajstić information content (AvgIpc) is 2.74. The first kappa shape index (κ1) is 15.3. The zero-order valence-electron chi connectivity index (χ0n) is 12.7. The van der Waals surface area contributed by atoms with Crippen LogP contribution >= 0.6 is 0 Å². The van der Waals surface area contributed by atoms with E-state index in [2.05, 4.69) is 17.3 Å². The van der Waals surface area contributed by atoms with Gasteiger partial charge in [0.15, 0.2) is 0 Å². The minimum absolute atomic E-state index is 0.0454. The van der Waals surface area contributed by atoms with Crippen LogP contribution in [0.2, 0.25) is 0 Å². The van der Waals surface area contributed by atoms with Gasteiger partial charge >= 0.3 is 0 Å². The summed E-state index contributed by atoms with van der Waals surface area (Å²) in [5, 5.41) is 16.4. The molecule has 21 heavy (non-hydrogen) atoms. The molecule has 112 valence electrons. The summed E-state index contributed by atoms with van der Waals surface area (Å²) in [4.78, 5) is 12.4. The lowest BCUT2D eigenvalue weighted by Crippen LogP contribution is -2.14. The Hall–Kier alpha value is -2.14. The van der Waals surface area contributed by atoms with E-state index in [1.54, 1.807) is 18.2 Å². The summed E-state index contributed by atoms with van der Waals surface area (Å²) in [6.45, 7) is 6.60. The number of carbonyl (C=O) groups excluding carboxylic acids is 1. The number of hydrogen-bond acceptors (Lipinski definition) is 3. The van der Waals surface area contributed by atoms with Crippen LogP contribution in [0.3, 0.4) is 0 Å². The smallest absolute Gasteiger partial charge is 0.259 e. The Balaban J connectivity index is 2.24. The number of nitrogens with one attached hydrogen (secondary N) is 1. The molecule has 0 fully saturated rings. The van der Waals surface area contributed by atoms with Gasteiger partial charge in [-0.3, -0.25) is 9.48 Å². The maximum atomic E-state index is 12.4. The number of amides is 1. The Morgan fingerprint density at radius 2 is 2.14 bits per heavy atom. The molecule has 2 aromatic rings. The molecule has 2 rings (SSSR count). The van der Waals surface area contributed by atoms with Crippen LogP contribution < -0.4 is 5.32 Å². The number of aliphatic hydroxyl groups excluding tert-OH is 1. The van der Waals surface area contributed by atoms with Crippen molar-refractivity contribution in [2.75, 3.05) is 5.32 Å². The van der Waals surface area contributed by atoms with Crippen molar-refractivity contribution >= 4 is 11.6 Å². The summed E-state index contributed by atoms with van der Waals surface area (Å²) < 4.78 is 1.87. The molecule has 2 N–H and O–H groups in total. The summed E-state index contributed by atoms with van der Waals surface area (Å²) >= 11 is 0. The summed E-state index contributed by atoms with van der Waals surface area (Å²) in [6.07, 6.45) is 0.974. The van der Waals surface area contributed by atoms with Crippen molar-refractivity contribution in [2.45, 2.75) is 40.3 Å². The van der Waals surface area contributed by atoms with Crippen LogP contribution in [0, 0.1) is 13.8 Å². The predicted octanol–water partition coefficient (Wildman–Crippen LogP) is 2.65. The Morgan fingerprint density at radius 1 is 1.38 bits per heavy atom. The lowest BCUT2D eigenvalue weighted by atomic mass is 10.1. The number of carbonyl (C=O) groups is 1. The van der Waals surface area contributed by atoms with Gasteiger partial charge in [-0.15, -0.1) is 0 Å². The number of anilines is 1. The molecular formula is C16H21N3O2. The van der Waals surface area contributed by atoms with Crippen LogP contribution in [0.25, 0.3) is 0 Å². The van der Waals surface area contributed by atoms with Gasteiger partial charge in [0.2, 0.25) is 0 Å². The normalized spacial score (nSPS) is 10.7. The maximum Gasteiger partial charge on any atom is 0.259 e. The SMILES string of the molecule is CCCn1nc(C)c(C(=O)Nc2cccc(CO)c2)c1C. The molecule has 0 aliphatic heterocycles. The first-order chi connectivity index (χ1) is 10.1. The van der Waals surface area contributed by atoms with Crippen LogP contribution in [0.4, 0.5) is 5.69 Å². The maximum absolute atomic E-state index is 12.4. The molecule has 5 nitrogen and oxygen atoms in total. The molecule has 0 aliphatic rings. The second-order valence-corrected chi connectivity index (χ2v) is 5.08. The van der Waals surface area contributed by atoms with Crippen molar-refractivity contribution in [1.29, 1.82) is 0 Å². The lowest BCUT2D eigenvalue weighted by molar-refractivity contribution is 0.102. The van der Waals surface area contributed by atoms with E-state index in [9.17, 15) is 4.79 Å². The second kappa shape index (κ2) is 6.54. The van der Waals surface area contributed by atoms with Crippen LogP contribution in [0.15, 0.2) is 24.3 Å². The van der Waals surface area contributed by atoms with E-state index >= 15 is 0 Å². The monoisotopic (exact) mass is 287 g/mol. The third-order valence-corrected chi connectivity index (χ3v) is 3.41. The predicted molar refractivity (Wildman–Crippen MR) is 82.3 cm³/mol. The minimum Gasteiger partial charge on any atom is -0.392 e. The fraction of sp³-hybridized carbons (Fsp3) is 0.375. The summed E-state index contributed by atoms with van der Waals surface area (Å²) in [6, 6.07) is 7.18. The summed E-state index contributed by atoms with van der Waals surface area (Å²) in [7, 11) is 0. The van der Waals surface area contributed by atoms with E-state index < -0.39 is 0 Å². The zero-order chi connectivity index (χ0) is 15.4. The van der Waals surface area contributed by atoms with E-state index in [1.807, 2.05) is 24.6 Å². The van der Waals surface area contributed by atoms with Crippen LogP contribution in [0.1, 0.15) is 40.7 Å². The molecule has 0 atom stereocenters. The van der Waals surface area contributed by atoms with Crippen molar-refractivity contribution in [3.05, 3.63) is 46.8 Å². The fourth-order valence-electron chi connectivity index (χ4n) is 2.40. The van der Waals surface area contributed by atoms with Crippen molar-refractivity contribution in [3.8, 4) is 0 Å². The molecule has 0 radical (unpaired) electrons. The topological polar surface area (TPSA) is 67.2 Å². The molecule has 1 amide bonds. The van der Waals surface area contributed by atoms with Crippen molar-refractivity contribution < 1.29 is 9.90 Å². The molecule has 1 aromatic carbocycles. The summed E-state index contributed by atoms with van der Waals surface area (Å²) in [5.74, 6) is -0.164. The lowest BCUT2D eigenvalue weighted by Gasteiger charge is -2.07. The number of nitrogens with zero attached hydrogens (tertiary/aromatic N) is 2. The third kappa shape index (κ3) is 3.31. The third-order valence-electron chi connectivity index (χ3n) is 3.41. The molecular weight excluding hydrogens is 266 g/mol. The minimum atomic E-state index is -0.164. The molecule has 1 heterocycles. The number of hydrogen-bond donors (Lipinski definition) is 2. The molecule has 0 aliphatic carbocycles. The molecule has 5 heteroatoms. The van der Waals surface area contributed by atoms with Gasteiger partial charge in [0.25, 0.3) is 5.91 Å².